The van der Waals surface area contributed by atoms with Crippen LogP contribution in [0.1, 0.15) is 24.5 Å². The highest BCUT2D eigenvalue weighted by Crippen LogP contribution is 2.22. The van der Waals surface area contributed by atoms with Crippen molar-refractivity contribution in [3.8, 4) is 6.07 Å². The Kier molecular flexibility index (Phi) is 6.90. The molecule has 0 spiro atoms. The fourth-order valence-corrected chi connectivity index (χ4v) is 2.41. The predicted octanol–water partition coefficient (Wildman–Crippen LogP) is 3.23. The summed E-state index contributed by atoms with van der Waals surface area (Å²) in [5, 5.41) is 10.1. The van der Waals surface area contributed by atoms with E-state index in [1.165, 1.54) is 0 Å². The zero-order valence-corrected chi connectivity index (χ0v) is 13.6. The number of alkyl halides is 1. The second-order valence-electron chi connectivity index (χ2n) is 4.83. The average molecular weight is 324 g/mol. The molecule has 0 fully saturated rings. The maximum absolute atomic E-state index is 9.30. The Bertz CT molecular complexity index is 438. The van der Waals surface area contributed by atoms with E-state index in [9.17, 15) is 5.26 Å². The lowest BCUT2D eigenvalue weighted by Gasteiger charge is -2.25. The molecule has 0 aromatic heterocycles. The van der Waals surface area contributed by atoms with E-state index in [2.05, 4.69) is 65.0 Å². The van der Waals surface area contributed by atoms with Crippen molar-refractivity contribution in [1.82, 2.24) is 4.90 Å². The highest BCUT2D eigenvalue weighted by Gasteiger charge is 2.10. The monoisotopic (exact) mass is 323 g/mol. The summed E-state index contributed by atoms with van der Waals surface area (Å²) in [5.74, 6) is 0. The van der Waals surface area contributed by atoms with Gasteiger partial charge in [-0.05, 0) is 51.7 Å². The van der Waals surface area contributed by atoms with Crippen molar-refractivity contribution < 1.29 is 0 Å². The molecule has 0 saturated heterocycles. The summed E-state index contributed by atoms with van der Waals surface area (Å²) in [4.78, 5) is 4.47. The molecule has 19 heavy (non-hydrogen) atoms. The first kappa shape index (κ1) is 16.0. The molecule has 0 saturated carbocycles. The fraction of sp³-hybridized carbons (Fsp3) is 0.533. The van der Waals surface area contributed by atoms with E-state index in [-0.39, 0.29) is 0 Å². The zero-order chi connectivity index (χ0) is 14.3. The van der Waals surface area contributed by atoms with Crippen LogP contribution < -0.4 is 4.90 Å². The molecule has 3 nitrogen and oxygen atoms in total. The maximum Gasteiger partial charge on any atom is 0.101 e. The van der Waals surface area contributed by atoms with E-state index in [0.29, 0.717) is 0 Å². The Morgan fingerprint density at radius 1 is 1.26 bits per heavy atom. The van der Waals surface area contributed by atoms with Crippen molar-refractivity contribution >= 4 is 21.6 Å². The summed E-state index contributed by atoms with van der Waals surface area (Å²) in [5.41, 5.74) is 2.96. The van der Waals surface area contributed by atoms with Crippen LogP contribution in [0.3, 0.4) is 0 Å². The number of anilines is 1. The molecule has 0 aliphatic rings. The number of halogens is 1. The maximum atomic E-state index is 9.30. The summed E-state index contributed by atoms with van der Waals surface area (Å²) >= 11 is 3.43. The van der Waals surface area contributed by atoms with Gasteiger partial charge < -0.3 is 9.80 Å². The standard InChI is InChI=1S/C15H22BrN3/c1-4-19(9-5-8-18(2)3)15-7-6-13(11-16)10-14(15)12-17/h6-7,10H,4-5,8-9,11H2,1-3H3. The minimum absolute atomic E-state index is 0.767. The van der Waals surface area contributed by atoms with Crippen molar-refractivity contribution in [2.75, 3.05) is 38.6 Å². The van der Waals surface area contributed by atoms with Crippen molar-refractivity contribution in [2.24, 2.45) is 0 Å². The van der Waals surface area contributed by atoms with Gasteiger partial charge in [-0.1, -0.05) is 22.0 Å². The molecule has 0 bridgehead atoms. The molecule has 1 rings (SSSR count). The van der Waals surface area contributed by atoms with Gasteiger partial charge in [0.15, 0.2) is 0 Å². The molecular weight excluding hydrogens is 302 g/mol. The molecule has 4 heteroatoms. The molecule has 0 N–H and O–H groups in total. The molecular formula is C15H22BrN3. The van der Waals surface area contributed by atoms with Gasteiger partial charge in [0.25, 0.3) is 0 Å². The summed E-state index contributed by atoms with van der Waals surface area (Å²) in [7, 11) is 4.17. The quantitative estimate of drug-likeness (QED) is 0.722. The van der Waals surface area contributed by atoms with Crippen LogP contribution in [0.2, 0.25) is 0 Å². The first-order valence-electron chi connectivity index (χ1n) is 6.61. The van der Waals surface area contributed by atoms with Crippen LogP contribution >= 0.6 is 15.9 Å². The topological polar surface area (TPSA) is 30.3 Å². The van der Waals surface area contributed by atoms with E-state index in [0.717, 1.165) is 48.2 Å². The van der Waals surface area contributed by atoms with Crippen LogP contribution in [0.5, 0.6) is 0 Å². The van der Waals surface area contributed by atoms with Crippen molar-refractivity contribution in [2.45, 2.75) is 18.7 Å². The molecule has 0 atom stereocenters. The first-order chi connectivity index (χ1) is 9.12. The van der Waals surface area contributed by atoms with E-state index < -0.39 is 0 Å². The van der Waals surface area contributed by atoms with E-state index in [4.69, 9.17) is 0 Å². The zero-order valence-electron chi connectivity index (χ0n) is 12.0. The molecule has 0 unspecified atom stereocenters. The molecule has 0 aliphatic carbocycles. The Hall–Kier alpha value is -1.05. The van der Waals surface area contributed by atoms with Gasteiger partial charge in [-0.3, -0.25) is 0 Å². The van der Waals surface area contributed by atoms with Crippen LogP contribution in [0.15, 0.2) is 18.2 Å². The van der Waals surface area contributed by atoms with Crippen LogP contribution in [0.25, 0.3) is 0 Å². The third kappa shape index (κ3) is 4.85. The lowest BCUT2D eigenvalue weighted by atomic mass is 10.1. The van der Waals surface area contributed by atoms with Gasteiger partial charge in [-0.25, -0.2) is 0 Å². The predicted molar refractivity (Wildman–Crippen MR) is 84.8 cm³/mol. The smallest absolute Gasteiger partial charge is 0.101 e. The summed E-state index contributed by atoms with van der Waals surface area (Å²) in [6.07, 6.45) is 1.10. The minimum Gasteiger partial charge on any atom is -0.371 e. The normalized spacial score (nSPS) is 10.5. The Labute approximate surface area is 124 Å². The molecule has 1 aromatic carbocycles. The summed E-state index contributed by atoms with van der Waals surface area (Å²) in [6, 6.07) is 8.43. The van der Waals surface area contributed by atoms with Gasteiger partial charge in [0, 0.05) is 18.4 Å². The summed E-state index contributed by atoms with van der Waals surface area (Å²) < 4.78 is 0. The lowest BCUT2D eigenvalue weighted by Crippen LogP contribution is -2.27. The van der Waals surface area contributed by atoms with Gasteiger partial charge in [0.05, 0.1) is 11.3 Å². The highest BCUT2D eigenvalue weighted by molar-refractivity contribution is 9.08. The van der Waals surface area contributed by atoms with Crippen LogP contribution in [-0.4, -0.2) is 38.6 Å². The molecule has 1 aromatic rings. The Morgan fingerprint density at radius 3 is 2.53 bits per heavy atom. The third-order valence-electron chi connectivity index (χ3n) is 3.09. The SMILES string of the molecule is CCN(CCCN(C)C)c1ccc(CBr)cc1C#N. The van der Waals surface area contributed by atoms with E-state index in [1.54, 1.807) is 0 Å². The lowest BCUT2D eigenvalue weighted by molar-refractivity contribution is 0.400. The van der Waals surface area contributed by atoms with Gasteiger partial charge in [0.1, 0.15) is 6.07 Å². The second-order valence-corrected chi connectivity index (χ2v) is 5.39. The summed E-state index contributed by atoms with van der Waals surface area (Å²) in [6.45, 7) is 5.11. The number of nitrogens with zero attached hydrogens (tertiary/aromatic N) is 3. The van der Waals surface area contributed by atoms with E-state index >= 15 is 0 Å². The Balaban J connectivity index is 2.83. The van der Waals surface area contributed by atoms with Gasteiger partial charge in [-0.2, -0.15) is 5.26 Å². The number of hydrogen-bond donors (Lipinski definition) is 0. The molecule has 104 valence electrons. The fourth-order valence-electron chi connectivity index (χ4n) is 2.06. The Morgan fingerprint density at radius 2 is 2.00 bits per heavy atom. The minimum atomic E-state index is 0.767. The van der Waals surface area contributed by atoms with Gasteiger partial charge >= 0.3 is 0 Å². The van der Waals surface area contributed by atoms with Crippen molar-refractivity contribution in [3.05, 3.63) is 29.3 Å². The molecule has 0 heterocycles. The number of rotatable bonds is 7. The highest BCUT2D eigenvalue weighted by atomic mass is 79.9. The largest absolute Gasteiger partial charge is 0.371 e. The second kappa shape index (κ2) is 8.19. The number of benzene rings is 1. The number of nitriles is 1. The molecule has 0 aliphatic heterocycles. The molecule has 0 amide bonds. The molecule has 0 radical (unpaired) electrons. The van der Waals surface area contributed by atoms with Crippen LogP contribution in [0, 0.1) is 11.3 Å². The van der Waals surface area contributed by atoms with Crippen molar-refractivity contribution in [3.63, 3.8) is 0 Å². The van der Waals surface area contributed by atoms with Gasteiger partial charge in [0.2, 0.25) is 0 Å². The van der Waals surface area contributed by atoms with Crippen molar-refractivity contribution in [1.29, 1.82) is 5.26 Å². The van der Waals surface area contributed by atoms with E-state index in [1.807, 2.05) is 6.07 Å². The number of hydrogen-bond acceptors (Lipinski definition) is 3. The average Bonchev–Trinajstić information content (AvgIpc) is 2.42. The third-order valence-corrected chi connectivity index (χ3v) is 3.74. The van der Waals surface area contributed by atoms with Crippen LogP contribution in [0.4, 0.5) is 5.69 Å². The van der Waals surface area contributed by atoms with Gasteiger partial charge in [-0.15, -0.1) is 0 Å². The first-order valence-corrected chi connectivity index (χ1v) is 7.73. The van der Waals surface area contributed by atoms with Crippen LogP contribution in [-0.2, 0) is 5.33 Å².